The molecule has 0 bridgehead atoms. The summed E-state index contributed by atoms with van der Waals surface area (Å²) in [6.45, 7) is 6.17. The summed E-state index contributed by atoms with van der Waals surface area (Å²) < 4.78 is 41.2. The number of rotatable bonds is 5. The second kappa shape index (κ2) is 10.2. The van der Waals surface area contributed by atoms with E-state index < -0.39 is 12.6 Å². The van der Waals surface area contributed by atoms with Crippen LogP contribution in [-0.4, -0.2) is 41.8 Å². The first kappa shape index (κ1) is 24.8. The van der Waals surface area contributed by atoms with Gasteiger partial charge in [-0.05, 0) is 37.1 Å². The lowest BCUT2D eigenvalue weighted by Crippen LogP contribution is -2.45. The number of aryl methyl sites for hydroxylation is 1. The smallest absolute Gasteiger partial charge is 0.341 e. The van der Waals surface area contributed by atoms with Gasteiger partial charge in [-0.25, -0.2) is 0 Å². The molecule has 3 nitrogen and oxygen atoms in total. The Morgan fingerprint density at radius 3 is 2.30 bits per heavy atom. The molecule has 1 fully saturated rings. The first-order valence-corrected chi connectivity index (χ1v) is 10.0. The van der Waals surface area contributed by atoms with Gasteiger partial charge in [-0.1, -0.05) is 24.3 Å². The molecule has 0 amide bonds. The van der Waals surface area contributed by atoms with Gasteiger partial charge in [0.05, 0.1) is 0 Å². The van der Waals surface area contributed by atoms with Crippen LogP contribution >= 0.6 is 24.8 Å². The Bertz CT molecular complexity index is 965. The van der Waals surface area contributed by atoms with Crippen molar-refractivity contribution in [3.63, 3.8) is 0 Å². The van der Waals surface area contributed by atoms with Crippen LogP contribution in [0.2, 0.25) is 0 Å². The van der Waals surface area contributed by atoms with Crippen LogP contribution in [0.25, 0.3) is 21.8 Å². The van der Waals surface area contributed by atoms with Gasteiger partial charge in [0.15, 0.2) is 0 Å². The van der Waals surface area contributed by atoms with Gasteiger partial charge in [0.2, 0.25) is 0 Å². The Balaban J connectivity index is 0.00000160. The van der Waals surface area contributed by atoms with Crippen LogP contribution in [0, 0.1) is 0 Å². The molecule has 0 saturated carbocycles. The van der Waals surface area contributed by atoms with Crippen molar-refractivity contribution in [1.82, 2.24) is 14.8 Å². The number of hydrogen-bond acceptors (Lipinski definition) is 2. The van der Waals surface area contributed by atoms with Gasteiger partial charge < -0.3 is 9.88 Å². The zero-order chi connectivity index (χ0) is 19.7. The minimum Gasteiger partial charge on any atom is -0.341 e. The van der Waals surface area contributed by atoms with Crippen molar-refractivity contribution in [2.45, 2.75) is 38.5 Å². The third-order valence-corrected chi connectivity index (χ3v) is 5.79. The second-order valence-electron chi connectivity index (χ2n) is 7.49. The summed E-state index contributed by atoms with van der Waals surface area (Å²) in [5.74, 6) is 0. The van der Waals surface area contributed by atoms with E-state index in [1.54, 1.807) is 0 Å². The molecule has 1 saturated heterocycles. The van der Waals surface area contributed by atoms with Crippen molar-refractivity contribution >= 4 is 46.6 Å². The maximum atomic E-state index is 13.0. The maximum Gasteiger partial charge on any atom is 0.389 e. The summed E-state index contributed by atoms with van der Waals surface area (Å²) in [5, 5.41) is 5.58. The van der Waals surface area contributed by atoms with E-state index in [0.717, 1.165) is 54.6 Å². The monoisotopic (exact) mass is 461 g/mol. The van der Waals surface area contributed by atoms with Gasteiger partial charge in [-0.3, -0.25) is 4.90 Å². The third-order valence-electron chi connectivity index (χ3n) is 5.79. The topological polar surface area (TPSA) is 20.2 Å². The average Bonchev–Trinajstić information content (AvgIpc) is 3.01. The summed E-state index contributed by atoms with van der Waals surface area (Å²) in [6, 6.07) is 14.3. The molecule has 2 aromatic carbocycles. The van der Waals surface area contributed by atoms with Crippen LogP contribution in [0.1, 0.15) is 31.4 Å². The Kier molecular flexibility index (Phi) is 8.45. The number of nitrogens with one attached hydrogen (secondary N) is 1. The summed E-state index contributed by atoms with van der Waals surface area (Å²) in [5.41, 5.74) is 3.30. The second-order valence-corrected chi connectivity index (χ2v) is 7.49. The number of fused-ring (bicyclic) bond motifs is 3. The van der Waals surface area contributed by atoms with Gasteiger partial charge in [0.25, 0.3) is 0 Å². The Morgan fingerprint density at radius 1 is 0.967 bits per heavy atom. The first-order valence-electron chi connectivity index (χ1n) is 10.0. The summed E-state index contributed by atoms with van der Waals surface area (Å²) >= 11 is 0. The fourth-order valence-electron chi connectivity index (χ4n) is 4.47. The predicted octanol–water partition coefficient (Wildman–Crippen LogP) is 5.95. The fraction of sp³-hybridized carbons (Fsp3) is 0.455. The van der Waals surface area contributed by atoms with Crippen LogP contribution in [-0.2, 0) is 6.54 Å². The number of piperazine rings is 1. The van der Waals surface area contributed by atoms with E-state index in [9.17, 15) is 13.2 Å². The molecule has 1 N–H and O–H groups in total. The highest BCUT2D eigenvalue weighted by Crippen LogP contribution is 2.36. The minimum absolute atomic E-state index is 0. The van der Waals surface area contributed by atoms with Crippen LogP contribution in [0.15, 0.2) is 42.5 Å². The third kappa shape index (κ3) is 5.05. The SMILES string of the molecule is CCn1c2ccccc2c2cc([C@@H](CCC(F)(F)F)N3CCNCC3)ccc21.Cl.Cl. The van der Waals surface area contributed by atoms with Crippen molar-refractivity contribution < 1.29 is 13.2 Å². The number of nitrogens with zero attached hydrogens (tertiary/aromatic N) is 2. The number of alkyl halides is 3. The van der Waals surface area contributed by atoms with E-state index in [-0.39, 0.29) is 37.3 Å². The van der Waals surface area contributed by atoms with E-state index in [2.05, 4.69) is 46.0 Å². The Hall–Kier alpha value is -1.47. The molecule has 4 rings (SSSR count). The molecule has 2 heterocycles. The largest absolute Gasteiger partial charge is 0.389 e. The zero-order valence-electron chi connectivity index (χ0n) is 16.9. The highest BCUT2D eigenvalue weighted by atomic mass is 35.5. The summed E-state index contributed by atoms with van der Waals surface area (Å²) in [7, 11) is 0. The fourth-order valence-corrected chi connectivity index (χ4v) is 4.47. The average molecular weight is 462 g/mol. The van der Waals surface area contributed by atoms with E-state index in [1.807, 2.05) is 18.2 Å². The number of halogens is 5. The van der Waals surface area contributed by atoms with Crippen LogP contribution in [0.4, 0.5) is 13.2 Å². The molecular formula is C22H28Cl2F3N3. The standard InChI is InChI=1S/C22H26F3N3.2ClH/c1-2-28-20-6-4-3-5-17(20)18-15-16(7-8-21(18)28)19(9-10-22(23,24)25)27-13-11-26-12-14-27;;/h3-8,15,19,26H,2,9-14H2,1H3;2*1H/t19-;;/m1../s1. The molecule has 1 atom stereocenters. The molecule has 30 heavy (non-hydrogen) atoms. The van der Waals surface area contributed by atoms with Crippen LogP contribution in [0.5, 0.6) is 0 Å². The number of hydrogen-bond donors (Lipinski definition) is 1. The van der Waals surface area contributed by atoms with Crippen molar-refractivity contribution in [2.75, 3.05) is 26.2 Å². The van der Waals surface area contributed by atoms with Gasteiger partial charge in [0.1, 0.15) is 0 Å². The van der Waals surface area contributed by atoms with E-state index >= 15 is 0 Å². The molecule has 166 valence electrons. The predicted molar refractivity (Wildman–Crippen MR) is 122 cm³/mol. The van der Waals surface area contributed by atoms with Crippen molar-refractivity contribution in [2.24, 2.45) is 0 Å². The summed E-state index contributed by atoms with van der Waals surface area (Å²) in [4.78, 5) is 2.20. The lowest BCUT2D eigenvalue weighted by Gasteiger charge is -2.35. The molecule has 0 spiro atoms. The van der Waals surface area contributed by atoms with Gasteiger partial charge in [-0.2, -0.15) is 13.2 Å². The van der Waals surface area contributed by atoms with Crippen molar-refractivity contribution in [1.29, 1.82) is 0 Å². The highest BCUT2D eigenvalue weighted by Gasteiger charge is 2.31. The quantitative estimate of drug-likeness (QED) is 0.506. The van der Waals surface area contributed by atoms with E-state index in [1.165, 1.54) is 5.52 Å². The molecule has 1 aromatic heterocycles. The van der Waals surface area contributed by atoms with Gasteiger partial charge in [0, 0.05) is 67.0 Å². The lowest BCUT2D eigenvalue weighted by molar-refractivity contribution is -0.138. The molecular weight excluding hydrogens is 434 g/mol. The van der Waals surface area contributed by atoms with E-state index in [4.69, 9.17) is 0 Å². The molecule has 8 heteroatoms. The number of para-hydroxylation sites is 1. The maximum absolute atomic E-state index is 13.0. The zero-order valence-corrected chi connectivity index (χ0v) is 18.5. The molecule has 1 aliphatic rings. The minimum atomic E-state index is -4.13. The number of aromatic nitrogens is 1. The normalized spacial score (nSPS) is 16.3. The molecule has 3 aromatic rings. The van der Waals surface area contributed by atoms with E-state index in [0.29, 0.717) is 0 Å². The molecule has 0 aliphatic carbocycles. The molecule has 0 radical (unpaired) electrons. The summed E-state index contributed by atoms with van der Waals surface area (Å²) in [6.07, 6.45) is -4.79. The van der Waals surface area contributed by atoms with Gasteiger partial charge >= 0.3 is 6.18 Å². The van der Waals surface area contributed by atoms with Crippen LogP contribution in [0.3, 0.4) is 0 Å². The van der Waals surface area contributed by atoms with Gasteiger partial charge in [-0.15, -0.1) is 24.8 Å². The van der Waals surface area contributed by atoms with Crippen molar-refractivity contribution in [3.05, 3.63) is 48.0 Å². The highest BCUT2D eigenvalue weighted by molar-refractivity contribution is 6.08. The first-order chi connectivity index (χ1) is 13.5. The number of benzene rings is 2. The molecule has 1 aliphatic heterocycles. The molecule has 0 unspecified atom stereocenters. The Labute approximate surface area is 187 Å². The Morgan fingerprint density at radius 2 is 1.63 bits per heavy atom. The van der Waals surface area contributed by atoms with Crippen LogP contribution < -0.4 is 5.32 Å². The lowest BCUT2D eigenvalue weighted by atomic mass is 9.97. The van der Waals surface area contributed by atoms with Crippen molar-refractivity contribution in [3.8, 4) is 0 Å².